The van der Waals surface area contributed by atoms with Crippen LogP contribution in [0.4, 0.5) is 0 Å². The minimum absolute atomic E-state index is 0. The molecule has 0 amide bonds. The van der Waals surface area contributed by atoms with Crippen LogP contribution in [0.5, 0.6) is 0 Å². The van der Waals surface area contributed by atoms with Crippen molar-refractivity contribution in [3.63, 3.8) is 0 Å². The summed E-state index contributed by atoms with van der Waals surface area (Å²) in [5.41, 5.74) is 26.4. The molecule has 0 saturated heterocycles. The maximum atomic E-state index is 4.51. The first kappa shape index (κ1) is 83.4. The molecule has 0 bridgehead atoms. The van der Waals surface area contributed by atoms with E-state index in [4.69, 9.17) is 0 Å². The van der Waals surface area contributed by atoms with Gasteiger partial charge in [-0.2, -0.15) is 81.0 Å². The van der Waals surface area contributed by atoms with Gasteiger partial charge in [0.1, 0.15) is 0 Å². The second-order valence-electron chi connectivity index (χ2n) is 26.7. The summed E-state index contributed by atoms with van der Waals surface area (Å²) in [6, 6.07) is 126. The summed E-state index contributed by atoms with van der Waals surface area (Å²) in [5, 5.41) is 29.0. The molecule has 0 aliphatic heterocycles. The molecule has 6 heterocycles. The zero-order chi connectivity index (χ0) is 75.9. The average molecular weight is 2010 g/mol. The second kappa shape index (κ2) is 41.3. The van der Waals surface area contributed by atoms with Crippen LogP contribution in [0, 0.1) is 64.1 Å². The van der Waals surface area contributed by atoms with E-state index in [9.17, 15) is 0 Å². The van der Waals surface area contributed by atoms with Crippen LogP contribution >= 0.6 is 0 Å². The number of aromatic nitrogens is 13. The van der Waals surface area contributed by atoms with Gasteiger partial charge in [-0.15, -0.1) is 137 Å². The van der Waals surface area contributed by atoms with Gasteiger partial charge in [0.2, 0.25) is 0 Å². The van der Waals surface area contributed by atoms with E-state index in [1.165, 1.54) is 56.4 Å². The van der Waals surface area contributed by atoms with E-state index in [-0.39, 0.29) is 68.6 Å². The number of hydrogen-bond acceptors (Lipinski definition) is 7. The third kappa shape index (κ3) is 23.0. The van der Waals surface area contributed by atoms with E-state index < -0.39 is 0 Å². The normalized spacial score (nSPS) is 10.4. The van der Waals surface area contributed by atoms with Crippen LogP contribution in [0.2, 0.25) is 0 Å². The Kier molecular flexibility index (Phi) is 30.4. The van der Waals surface area contributed by atoms with Gasteiger partial charge in [0.15, 0.2) is 0 Å². The monoisotopic (exact) mass is 2010 g/mol. The van der Waals surface area contributed by atoms with E-state index in [2.05, 4.69) is 310 Å². The Labute approximate surface area is 705 Å². The van der Waals surface area contributed by atoms with Gasteiger partial charge in [-0.1, -0.05) is 226 Å². The van der Waals surface area contributed by atoms with Crippen molar-refractivity contribution in [2.45, 2.75) is 53.9 Å². The van der Waals surface area contributed by atoms with Gasteiger partial charge >= 0.3 is 0 Å². The summed E-state index contributed by atoms with van der Waals surface area (Å²) in [6.45, 7) is 14.5. The fourth-order valence-corrected chi connectivity index (χ4v) is 11.9. The molecule has 13 nitrogen and oxygen atoms in total. The maximum absolute atomic E-state index is 4.51. The van der Waals surface area contributed by atoms with Crippen LogP contribution in [-0.2, 0) is 68.6 Å². The number of nitrogens with zero attached hydrogens (tertiary/aromatic N) is 13. The fourth-order valence-electron chi connectivity index (χ4n) is 11.9. The third-order valence-electron chi connectivity index (χ3n) is 17.6. The maximum Gasteiger partial charge on any atom is 0.0600 e. The summed E-state index contributed by atoms with van der Waals surface area (Å²) in [6.07, 6.45) is 8.47. The van der Waals surface area contributed by atoms with E-state index in [0.29, 0.717) is 5.82 Å². The molecule has 570 valence electrons. The number of imidazole rings is 1. The van der Waals surface area contributed by atoms with Gasteiger partial charge in [0, 0.05) is 98.1 Å². The Morgan fingerprint density at radius 3 is 1.05 bits per heavy atom. The molecule has 6 aromatic heterocycles. The standard InChI is InChI=1S/2C23H19N2.C21H15N2.C13H14N2.C9H6N2.C8H5N3.3Pt/c2*1-17-16-18(2)25(24-17)23-14-12-22(13-15-23)21-10-8-20(9-11-21)19-6-4-3-5-7-19;1-2-5-17(6-3-1)18-7-9-19(10-8-18)20-11-13-21(14-12-20)23-16-4-15-22-23;1-13(2,3)12-9-11(14-15-12)10-7-5-4-6-8-10;1-2-4-8(5-3-1)9-10-6-7-11-9;1-2-4-7(5-3-1)8-9-6-10-11-8;;;/h2*3-14,16H,1-2H3;1-13,15-16H;4-7,9H,1-3H3;1-4,6-7H;1-4,6H;;;/q3*-1;3*-2;;;. The summed E-state index contributed by atoms with van der Waals surface area (Å²) >= 11 is 0. The van der Waals surface area contributed by atoms with E-state index in [0.717, 1.165) is 90.4 Å². The molecule has 0 fully saturated rings. The molecule has 0 N–H and O–H groups in total. The Bertz CT molecular complexity index is 5460. The second-order valence-corrected chi connectivity index (χ2v) is 26.7. The zero-order valence-electron chi connectivity index (χ0n) is 63.2. The topological polar surface area (TPSA) is 147 Å². The van der Waals surface area contributed by atoms with E-state index >= 15 is 0 Å². The molecule has 0 spiro atoms. The molecule has 0 aliphatic rings. The first-order valence-corrected chi connectivity index (χ1v) is 36.1. The quantitative estimate of drug-likeness (QED) is 0.108. The van der Waals surface area contributed by atoms with Gasteiger partial charge in [0.25, 0.3) is 0 Å². The fraction of sp³-hybridized carbons (Fsp3) is 0.0825. The molecule has 0 atom stereocenters. The largest absolute Gasteiger partial charge is 0.619 e. The van der Waals surface area contributed by atoms with Crippen LogP contribution in [0.3, 0.4) is 0 Å². The smallest absolute Gasteiger partial charge is 0.0600 e. The summed E-state index contributed by atoms with van der Waals surface area (Å²) in [4.78, 5) is 12.0. The molecule has 18 rings (SSSR count). The van der Waals surface area contributed by atoms with Crippen LogP contribution in [0.15, 0.2) is 347 Å². The summed E-state index contributed by atoms with van der Waals surface area (Å²) in [7, 11) is 0. The van der Waals surface area contributed by atoms with Gasteiger partial charge in [0.05, 0.1) is 11.4 Å². The Morgan fingerprint density at radius 1 is 0.354 bits per heavy atom. The third-order valence-corrected chi connectivity index (χ3v) is 17.6. The Balaban J connectivity index is 0.000000147. The van der Waals surface area contributed by atoms with Crippen molar-refractivity contribution in [2.75, 3.05) is 0 Å². The van der Waals surface area contributed by atoms with Crippen molar-refractivity contribution in [1.82, 2.24) is 64.7 Å². The molecule has 0 unspecified atom stereocenters. The van der Waals surface area contributed by atoms with Crippen LogP contribution in [0.25, 0.3) is 118 Å². The van der Waals surface area contributed by atoms with Crippen molar-refractivity contribution in [1.29, 1.82) is 0 Å². The molecule has 0 radical (unpaired) electrons. The van der Waals surface area contributed by atoms with Crippen molar-refractivity contribution in [3.05, 3.63) is 411 Å². The molecule has 0 aliphatic carbocycles. The Morgan fingerprint density at radius 2 is 0.735 bits per heavy atom. The minimum Gasteiger partial charge on any atom is -0.619 e. The van der Waals surface area contributed by atoms with Gasteiger partial charge in [-0.3, -0.25) is 14.0 Å². The first-order valence-electron chi connectivity index (χ1n) is 36.1. The number of rotatable bonds is 12. The van der Waals surface area contributed by atoms with Crippen molar-refractivity contribution < 1.29 is 63.2 Å². The van der Waals surface area contributed by atoms with Gasteiger partial charge < -0.3 is 35.3 Å². The van der Waals surface area contributed by atoms with Crippen molar-refractivity contribution >= 4 is 0 Å². The number of benzene rings is 12. The SMILES string of the molecule is CC(C)(C)c1cc(-c2[c-]cccc2)[n-]n1.Cc1cc(C)n(-c2[c-]cc(-c3ccc(-c4ccccc4)cc3)cc2)n1.Cc1cc(C)n(-c2[c-]cc(-c3ccc(-c4ccccc4)cc3)cc2)n1.[Pt].[Pt].[Pt].[c-]1cc(-c2ccc(-c3ccccc3)cc2)ccc1-n1cccn1.[c-]1ccccc1-c1ncc[n-]1.[c-]1ccccc1-c1nnc[n-]1. The molecule has 113 heavy (non-hydrogen) atoms. The van der Waals surface area contributed by atoms with Crippen molar-refractivity contribution in [2.24, 2.45) is 0 Å². The minimum atomic E-state index is 0. The van der Waals surface area contributed by atoms with Crippen LogP contribution in [-0.4, -0.2) is 49.6 Å². The summed E-state index contributed by atoms with van der Waals surface area (Å²) in [5.74, 6) is 1.37. The predicted molar refractivity (Wildman–Crippen MR) is 441 cm³/mol. The number of hydrogen-bond donors (Lipinski definition) is 0. The van der Waals surface area contributed by atoms with Crippen LogP contribution in [0.1, 0.15) is 49.2 Å². The van der Waals surface area contributed by atoms with E-state index in [1.807, 2.05) is 161 Å². The zero-order valence-corrected chi connectivity index (χ0v) is 70.0. The van der Waals surface area contributed by atoms with E-state index in [1.54, 1.807) is 18.6 Å². The molecule has 12 aromatic carbocycles. The van der Waals surface area contributed by atoms with Gasteiger partial charge in [-0.25, -0.2) is 5.69 Å². The molecular formula is C97H78N13Pt3-9. The molecule has 16 heteroatoms. The average Bonchev–Trinajstić information content (AvgIpc) is 1.09. The van der Waals surface area contributed by atoms with Crippen LogP contribution < -0.4 is 15.1 Å². The summed E-state index contributed by atoms with van der Waals surface area (Å²) < 4.78 is 5.66. The molecule has 0 saturated carbocycles. The van der Waals surface area contributed by atoms with Crippen molar-refractivity contribution in [3.8, 4) is 118 Å². The number of aryl methyl sites for hydroxylation is 4. The molecular weight excluding hydrogens is 1930 g/mol. The molecule has 18 aromatic rings. The predicted octanol–water partition coefficient (Wildman–Crippen LogP) is 21.5. The first-order chi connectivity index (χ1) is 53.8. The van der Waals surface area contributed by atoms with Gasteiger partial charge in [-0.05, 0) is 103 Å². The Hall–Kier alpha value is -12.1.